The first-order chi connectivity index (χ1) is 10.8. The highest BCUT2D eigenvalue weighted by Gasteiger charge is 2.14. The lowest BCUT2D eigenvalue weighted by Crippen LogP contribution is -2.14. The Morgan fingerprint density at radius 2 is 2.14 bits per heavy atom. The summed E-state index contributed by atoms with van der Waals surface area (Å²) in [6.07, 6.45) is 10.1. The maximum absolute atomic E-state index is 12.0. The van der Waals surface area contributed by atoms with Crippen LogP contribution in [0.1, 0.15) is 19.3 Å². The van der Waals surface area contributed by atoms with Crippen LogP contribution in [0, 0.1) is 5.92 Å². The Morgan fingerprint density at radius 3 is 2.91 bits per heavy atom. The molecule has 1 N–H and O–H groups in total. The summed E-state index contributed by atoms with van der Waals surface area (Å²) in [5, 5.41) is 2.90. The van der Waals surface area contributed by atoms with Crippen molar-refractivity contribution in [2.24, 2.45) is 5.92 Å². The van der Waals surface area contributed by atoms with E-state index in [1.165, 1.54) is 0 Å². The molecule has 0 saturated heterocycles. The van der Waals surface area contributed by atoms with Gasteiger partial charge < -0.3 is 10.1 Å². The number of hydrogen-bond acceptors (Lipinski definition) is 4. The molecule has 0 aliphatic heterocycles. The van der Waals surface area contributed by atoms with Crippen LogP contribution >= 0.6 is 0 Å². The van der Waals surface area contributed by atoms with E-state index in [-0.39, 0.29) is 11.9 Å². The summed E-state index contributed by atoms with van der Waals surface area (Å²) in [7, 11) is 0. The van der Waals surface area contributed by atoms with Gasteiger partial charge in [0.05, 0.1) is 0 Å². The van der Waals surface area contributed by atoms with E-state index in [9.17, 15) is 4.79 Å². The molecule has 0 radical (unpaired) electrons. The number of ether oxygens (including phenoxy) is 1. The van der Waals surface area contributed by atoms with Crippen molar-refractivity contribution in [2.75, 3.05) is 5.32 Å². The number of anilines is 1. The van der Waals surface area contributed by atoms with Crippen molar-refractivity contribution in [2.45, 2.75) is 19.3 Å². The molecule has 0 unspecified atom stereocenters. The minimum atomic E-state index is 0.0182. The van der Waals surface area contributed by atoms with E-state index in [4.69, 9.17) is 4.74 Å². The summed E-state index contributed by atoms with van der Waals surface area (Å²) < 4.78 is 5.55. The summed E-state index contributed by atoms with van der Waals surface area (Å²) in [6, 6.07) is 9.22. The minimum Gasteiger partial charge on any atom is -0.424 e. The molecule has 1 amide bonds. The molecular formula is C17H17N3O2. The van der Waals surface area contributed by atoms with Gasteiger partial charge in [-0.3, -0.25) is 4.79 Å². The van der Waals surface area contributed by atoms with Gasteiger partial charge >= 0.3 is 6.01 Å². The highest BCUT2D eigenvalue weighted by molar-refractivity contribution is 5.91. The van der Waals surface area contributed by atoms with Crippen LogP contribution in [0.3, 0.4) is 0 Å². The number of carbonyl (C=O) groups is 1. The molecule has 1 aromatic heterocycles. The predicted molar refractivity (Wildman–Crippen MR) is 83.7 cm³/mol. The first-order valence-electron chi connectivity index (χ1n) is 7.31. The van der Waals surface area contributed by atoms with Crippen molar-refractivity contribution in [1.29, 1.82) is 0 Å². The summed E-state index contributed by atoms with van der Waals surface area (Å²) in [4.78, 5) is 20.0. The lowest BCUT2D eigenvalue weighted by molar-refractivity contribution is -0.116. The third kappa shape index (κ3) is 3.91. The van der Waals surface area contributed by atoms with Gasteiger partial charge in [-0.15, -0.1) is 0 Å². The van der Waals surface area contributed by atoms with Crippen LogP contribution in [0.25, 0.3) is 0 Å². The zero-order valence-corrected chi connectivity index (χ0v) is 12.1. The molecule has 0 fully saturated rings. The molecule has 1 aromatic carbocycles. The molecule has 112 valence electrons. The standard InChI is InChI=1S/C17H17N3O2/c21-16(11-13-5-1-2-6-13)20-14-7-3-8-15(12-14)22-17-18-9-4-10-19-17/h1,3-5,7-10,12-13H,2,6,11H2,(H,20,21)/t13-/m0/s1. The second-order valence-electron chi connectivity index (χ2n) is 5.18. The number of carbonyl (C=O) groups excluding carboxylic acids is 1. The van der Waals surface area contributed by atoms with E-state index < -0.39 is 0 Å². The number of amides is 1. The fraction of sp³-hybridized carbons (Fsp3) is 0.235. The Bertz CT molecular complexity index is 671. The van der Waals surface area contributed by atoms with E-state index in [1.807, 2.05) is 12.1 Å². The smallest absolute Gasteiger partial charge is 0.321 e. The normalized spacial score (nSPS) is 16.5. The molecule has 22 heavy (non-hydrogen) atoms. The largest absolute Gasteiger partial charge is 0.424 e. The van der Waals surface area contributed by atoms with Crippen LogP contribution in [0.2, 0.25) is 0 Å². The van der Waals surface area contributed by atoms with Gasteiger partial charge in [0.1, 0.15) is 5.75 Å². The molecule has 0 spiro atoms. The monoisotopic (exact) mass is 295 g/mol. The average Bonchev–Trinajstić information content (AvgIpc) is 3.01. The third-order valence-corrected chi connectivity index (χ3v) is 3.43. The molecular weight excluding hydrogens is 278 g/mol. The third-order valence-electron chi connectivity index (χ3n) is 3.43. The van der Waals surface area contributed by atoms with E-state index in [2.05, 4.69) is 27.4 Å². The fourth-order valence-electron chi connectivity index (χ4n) is 2.40. The minimum absolute atomic E-state index is 0.0182. The lowest BCUT2D eigenvalue weighted by atomic mass is 10.1. The second kappa shape index (κ2) is 6.85. The van der Waals surface area contributed by atoms with E-state index >= 15 is 0 Å². The topological polar surface area (TPSA) is 64.1 Å². The number of aromatic nitrogens is 2. The van der Waals surface area contributed by atoms with Gasteiger partial charge in [-0.05, 0) is 37.0 Å². The molecule has 1 aliphatic rings. The van der Waals surface area contributed by atoms with E-state index in [0.717, 1.165) is 12.8 Å². The number of rotatable bonds is 5. The van der Waals surface area contributed by atoms with Crippen LogP contribution in [-0.2, 0) is 4.79 Å². The summed E-state index contributed by atoms with van der Waals surface area (Å²) in [5.74, 6) is 0.964. The Hall–Kier alpha value is -2.69. The fourth-order valence-corrected chi connectivity index (χ4v) is 2.40. The van der Waals surface area contributed by atoms with Gasteiger partial charge in [-0.1, -0.05) is 18.2 Å². The molecule has 1 atom stereocenters. The number of nitrogens with zero attached hydrogens (tertiary/aromatic N) is 2. The predicted octanol–water partition coefficient (Wildman–Crippen LogP) is 3.56. The zero-order valence-electron chi connectivity index (χ0n) is 12.1. The van der Waals surface area contributed by atoms with Gasteiger partial charge in [0.25, 0.3) is 0 Å². The highest BCUT2D eigenvalue weighted by atomic mass is 16.5. The van der Waals surface area contributed by atoms with Crippen molar-refractivity contribution >= 4 is 11.6 Å². The first kappa shape index (κ1) is 14.3. The molecule has 5 heteroatoms. The van der Waals surface area contributed by atoms with Gasteiger partial charge in [0, 0.05) is 30.6 Å². The van der Waals surface area contributed by atoms with Crippen LogP contribution < -0.4 is 10.1 Å². The lowest BCUT2D eigenvalue weighted by Gasteiger charge is -2.10. The first-order valence-corrected chi connectivity index (χ1v) is 7.31. The molecule has 2 aromatic rings. The maximum Gasteiger partial charge on any atom is 0.321 e. The summed E-state index contributed by atoms with van der Waals surface area (Å²) in [6.45, 7) is 0. The molecule has 3 rings (SSSR count). The molecule has 1 aliphatic carbocycles. The maximum atomic E-state index is 12.0. The number of allylic oxidation sites excluding steroid dienone is 2. The Balaban J connectivity index is 1.61. The van der Waals surface area contributed by atoms with E-state index in [0.29, 0.717) is 23.8 Å². The number of hydrogen-bond donors (Lipinski definition) is 1. The summed E-state index contributed by atoms with van der Waals surface area (Å²) >= 11 is 0. The van der Waals surface area contributed by atoms with Crippen molar-refractivity contribution in [3.8, 4) is 11.8 Å². The van der Waals surface area contributed by atoms with Crippen molar-refractivity contribution in [1.82, 2.24) is 9.97 Å². The second-order valence-corrected chi connectivity index (χ2v) is 5.18. The van der Waals surface area contributed by atoms with Crippen LogP contribution in [-0.4, -0.2) is 15.9 Å². The average molecular weight is 295 g/mol. The number of benzene rings is 1. The highest BCUT2D eigenvalue weighted by Crippen LogP contribution is 2.23. The number of nitrogens with one attached hydrogen (secondary N) is 1. The van der Waals surface area contributed by atoms with Crippen molar-refractivity contribution in [3.63, 3.8) is 0 Å². The van der Waals surface area contributed by atoms with Gasteiger partial charge in [0.15, 0.2) is 0 Å². The molecule has 0 saturated carbocycles. The van der Waals surface area contributed by atoms with E-state index in [1.54, 1.807) is 30.6 Å². The quantitative estimate of drug-likeness (QED) is 0.857. The molecule has 0 bridgehead atoms. The van der Waals surface area contributed by atoms with Gasteiger partial charge in [0.2, 0.25) is 5.91 Å². The van der Waals surface area contributed by atoms with Gasteiger partial charge in [-0.25, -0.2) is 9.97 Å². The van der Waals surface area contributed by atoms with Crippen LogP contribution in [0.15, 0.2) is 54.9 Å². The Labute approximate surface area is 129 Å². The van der Waals surface area contributed by atoms with Gasteiger partial charge in [-0.2, -0.15) is 0 Å². The van der Waals surface area contributed by atoms with Crippen molar-refractivity contribution in [3.05, 3.63) is 54.9 Å². The van der Waals surface area contributed by atoms with Crippen LogP contribution in [0.4, 0.5) is 5.69 Å². The molecule has 5 nitrogen and oxygen atoms in total. The van der Waals surface area contributed by atoms with Crippen molar-refractivity contribution < 1.29 is 9.53 Å². The Morgan fingerprint density at radius 1 is 1.27 bits per heavy atom. The molecule has 1 heterocycles. The van der Waals surface area contributed by atoms with Crippen LogP contribution in [0.5, 0.6) is 11.8 Å². The zero-order chi connectivity index (χ0) is 15.2. The SMILES string of the molecule is O=C(C[C@H]1C=CCC1)Nc1cccc(Oc2ncccn2)c1. The Kier molecular flexibility index (Phi) is 4.44. The summed E-state index contributed by atoms with van der Waals surface area (Å²) in [5.41, 5.74) is 0.709.